The third-order valence-electron chi connectivity index (χ3n) is 5.42. The molecule has 1 aromatic heterocycles. The van der Waals surface area contributed by atoms with E-state index in [0.717, 1.165) is 59.6 Å². The van der Waals surface area contributed by atoms with Gasteiger partial charge in [-0.2, -0.15) is 0 Å². The summed E-state index contributed by atoms with van der Waals surface area (Å²) in [5.74, 6) is 1.83. The molecule has 30 heavy (non-hydrogen) atoms. The molecule has 0 aliphatic carbocycles. The molecule has 6 nitrogen and oxygen atoms in total. The molecule has 1 aliphatic rings. The molecule has 0 N–H and O–H groups in total. The third kappa shape index (κ3) is 4.84. The van der Waals surface area contributed by atoms with E-state index in [0.29, 0.717) is 11.6 Å². The fourth-order valence-corrected chi connectivity index (χ4v) is 4.49. The number of carbonyl (C=O) groups is 1. The van der Waals surface area contributed by atoms with Crippen LogP contribution in [0.5, 0.6) is 16.7 Å². The molecule has 0 spiro atoms. The Morgan fingerprint density at radius 1 is 1.07 bits per heavy atom. The molecule has 3 aromatic rings. The van der Waals surface area contributed by atoms with E-state index in [2.05, 4.69) is 4.98 Å². The second-order valence-electron chi connectivity index (χ2n) is 7.36. The number of thiazole rings is 1. The molecule has 1 aliphatic heterocycles. The molecule has 1 amide bonds. The van der Waals surface area contributed by atoms with Crippen LogP contribution in [0.4, 0.5) is 0 Å². The lowest BCUT2D eigenvalue weighted by molar-refractivity contribution is -0.132. The smallest absolute Gasteiger partial charge is 0.274 e. The number of aromatic nitrogens is 1. The van der Waals surface area contributed by atoms with Crippen LogP contribution in [0.1, 0.15) is 24.8 Å². The number of aryl methyl sites for hydroxylation is 1. The molecule has 2 aromatic carbocycles. The fourth-order valence-electron chi connectivity index (χ4n) is 3.63. The van der Waals surface area contributed by atoms with Gasteiger partial charge >= 0.3 is 0 Å². The van der Waals surface area contributed by atoms with Crippen molar-refractivity contribution in [1.82, 2.24) is 9.88 Å². The molecule has 7 heteroatoms. The van der Waals surface area contributed by atoms with E-state index in [1.165, 1.54) is 0 Å². The quantitative estimate of drug-likeness (QED) is 0.563. The van der Waals surface area contributed by atoms with Gasteiger partial charge in [0.25, 0.3) is 5.19 Å². The van der Waals surface area contributed by atoms with Gasteiger partial charge in [-0.3, -0.25) is 4.79 Å². The van der Waals surface area contributed by atoms with Crippen molar-refractivity contribution in [2.45, 2.75) is 31.8 Å². The Balaban J connectivity index is 1.25. The minimum atomic E-state index is 0.0955. The van der Waals surface area contributed by atoms with Crippen LogP contribution in [-0.4, -0.2) is 49.2 Å². The highest BCUT2D eigenvalue weighted by molar-refractivity contribution is 7.20. The highest BCUT2D eigenvalue weighted by Gasteiger charge is 2.24. The van der Waals surface area contributed by atoms with Crippen LogP contribution in [0, 0.1) is 0 Å². The maximum absolute atomic E-state index is 12.6. The Labute approximate surface area is 180 Å². The van der Waals surface area contributed by atoms with Gasteiger partial charge in [-0.25, -0.2) is 4.98 Å². The van der Waals surface area contributed by atoms with Gasteiger partial charge in [0.2, 0.25) is 5.91 Å². The predicted octanol–water partition coefficient (Wildman–Crippen LogP) is 4.32. The summed E-state index contributed by atoms with van der Waals surface area (Å²) in [6.45, 7) is 1.45. The summed E-state index contributed by atoms with van der Waals surface area (Å²) >= 11 is 1.55. The van der Waals surface area contributed by atoms with Crippen molar-refractivity contribution >= 4 is 27.5 Å². The summed E-state index contributed by atoms with van der Waals surface area (Å²) in [5, 5.41) is 0.683. The van der Waals surface area contributed by atoms with Gasteiger partial charge in [0.15, 0.2) is 0 Å². The first-order chi connectivity index (χ1) is 14.6. The van der Waals surface area contributed by atoms with Gasteiger partial charge in [0.05, 0.1) is 24.4 Å². The molecular formula is C23H26N2O4S. The minimum Gasteiger partial charge on any atom is -0.497 e. The van der Waals surface area contributed by atoms with E-state index in [4.69, 9.17) is 14.2 Å². The van der Waals surface area contributed by atoms with Crippen LogP contribution in [-0.2, 0) is 11.2 Å². The number of nitrogens with zero attached hydrogens (tertiary/aromatic N) is 2. The molecule has 0 atom stereocenters. The van der Waals surface area contributed by atoms with Gasteiger partial charge in [-0.1, -0.05) is 23.5 Å². The Morgan fingerprint density at radius 3 is 2.47 bits per heavy atom. The van der Waals surface area contributed by atoms with Crippen LogP contribution in [0.2, 0.25) is 0 Å². The zero-order valence-electron chi connectivity index (χ0n) is 17.3. The maximum atomic E-state index is 12.6. The van der Waals surface area contributed by atoms with E-state index >= 15 is 0 Å². The monoisotopic (exact) mass is 426 g/mol. The molecule has 4 rings (SSSR count). The predicted molar refractivity (Wildman–Crippen MR) is 118 cm³/mol. The summed E-state index contributed by atoms with van der Waals surface area (Å²) in [4.78, 5) is 19.1. The van der Waals surface area contributed by atoms with E-state index < -0.39 is 0 Å². The first-order valence-electron chi connectivity index (χ1n) is 10.2. The van der Waals surface area contributed by atoms with Crippen LogP contribution in [0.15, 0.2) is 42.5 Å². The number of likely N-dealkylation sites (tertiary alicyclic amines) is 1. The van der Waals surface area contributed by atoms with Gasteiger partial charge < -0.3 is 19.1 Å². The van der Waals surface area contributed by atoms with Gasteiger partial charge in [0, 0.05) is 38.4 Å². The summed E-state index contributed by atoms with van der Waals surface area (Å²) < 4.78 is 17.6. The molecule has 1 saturated heterocycles. The highest BCUT2D eigenvalue weighted by Crippen LogP contribution is 2.32. The summed E-state index contributed by atoms with van der Waals surface area (Å²) in [6.07, 6.45) is 3.02. The van der Waals surface area contributed by atoms with Crippen molar-refractivity contribution < 1.29 is 19.0 Å². The van der Waals surface area contributed by atoms with E-state index in [9.17, 15) is 4.79 Å². The number of piperidine rings is 1. The fraction of sp³-hybridized carbons (Fsp3) is 0.391. The molecule has 1 fully saturated rings. The zero-order valence-corrected chi connectivity index (χ0v) is 18.1. The number of fused-ring (bicyclic) bond motifs is 1. The topological polar surface area (TPSA) is 60.9 Å². The molecular weight excluding hydrogens is 400 g/mol. The van der Waals surface area contributed by atoms with E-state index in [-0.39, 0.29) is 12.0 Å². The molecule has 158 valence electrons. The standard InChI is InChI=1S/C23H26N2O4S/c1-27-17-6-3-16(4-7-17)5-10-22(26)25-13-11-18(12-14-25)29-23-24-20-15-19(28-2)8-9-21(20)30-23/h3-4,6-9,15,18H,5,10-14H2,1-2H3. The summed E-state index contributed by atoms with van der Waals surface area (Å²) in [6, 6.07) is 13.7. The SMILES string of the molecule is COc1ccc(CCC(=O)N2CCC(Oc3nc4cc(OC)ccc4s3)CC2)cc1. The van der Waals surface area contributed by atoms with Crippen LogP contribution < -0.4 is 14.2 Å². The average Bonchev–Trinajstić information content (AvgIpc) is 3.19. The van der Waals surface area contributed by atoms with Crippen LogP contribution in [0.25, 0.3) is 10.2 Å². The summed E-state index contributed by atoms with van der Waals surface area (Å²) in [7, 11) is 3.30. The summed E-state index contributed by atoms with van der Waals surface area (Å²) in [5.41, 5.74) is 2.04. The second-order valence-corrected chi connectivity index (χ2v) is 8.35. The molecule has 0 bridgehead atoms. The molecule has 0 saturated carbocycles. The van der Waals surface area contributed by atoms with Crippen molar-refractivity contribution in [3.05, 3.63) is 48.0 Å². The van der Waals surface area contributed by atoms with Crippen molar-refractivity contribution in [1.29, 1.82) is 0 Å². The highest BCUT2D eigenvalue weighted by atomic mass is 32.1. The van der Waals surface area contributed by atoms with E-state index in [1.807, 2.05) is 47.4 Å². The van der Waals surface area contributed by atoms with Crippen molar-refractivity contribution in [3.63, 3.8) is 0 Å². The molecule has 2 heterocycles. The minimum absolute atomic E-state index is 0.0955. The first-order valence-corrected chi connectivity index (χ1v) is 11.0. The van der Waals surface area contributed by atoms with Gasteiger partial charge in [-0.15, -0.1) is 0 Å². The average molecular weight is 427 g/mol. The number of hydrogen-bond acceptors (Lipinski definition) is 6. The third-order valence-corrected chi connectivity index (χ3v) is 6.35. The zero-order chi connectivity index (χ0) is 20.9. The van der Waals surface area contributed by atoms with Crippen molar-refractivity contribution in [3.8, 4) is 16.7 Å². The number of amides is 1. The number of rotatable bonds is 7. The lowest BCUT2D eigenvalue weighted by atomic mass is 10.1. The van der Waals surface area contributed by atoms with Crippen LogP contribution >= 0.6 is 11.3 Å². The Hall–Kier alpha value is -2.80. The second kappa shape index (κ2) is 9.34. The van der Waals surface area contributed by atoms with Crippen molar-refractivity contribution in [2.24, 2.45) is 0 Å². The lowest BCUT2D eigenvalue weighted by Crippen LogP contribution is -2.41. The van der Waals surface area contributed by atoms with Gasteiger partial charge in [0.1, 0.15) is 17.6 Å². The number of ether oxygens (including phenoxy) is 3. The Morgan fingerprint density at radius 2 is 1.77 bits per heavy atom. The normalized spacial score (nSPS) is 14.7. The molecule has 0 radical (unpaired) electrons. The first kappa shape index (κ1) is 20.5. The Bertz CT molecular complexity index is 994. The Kier molecular flexibility index (Phi) is 6.38. The van der Waals surface area contributed by atoms with Gasteiger partial charge in [-0.05, 0) is 36.2 Å². The number of methoxy groups -OCH3 is 2. The molecule has 0 unspecified atom stereocenters. The number of benzene rings is 2. The van der Waals surface area contributed by atoms with E-state index in [1.54, 1.807) is 25.6 Å². The van der Waals surface area contributed by atoms with Crippen LogP contribution in [0.3, 0.4) is 0 Å². The lowest BCUT2D eigenvalue weighted by Gasteiger charge is -2.31. The maximum Gasteiger partial charge on any atom is 0.274 e. The largest absolute Gasteiger partial charge is 0.497 e. The van der Waals surface area contributed by atoms with Crippen molar-refractivity contribution in [2.75, 3.05) is 27.3 Å². The number of hydrogen-bond donors (Lipinski definition) is 0. The number of carbonyl (C=O) groups excluding carboxylic acids is 1.